The predicted octanol–water partition coefficient (Wildman–Crippen LogP) is 19.6. The molecule has 8 nitrogen and oxygen atoms in total. The number of phosphoric ester groups is 1. The van der Waals surface area contributed by atoms with E-state index in [1.54, 1.807) is 0 Å². The van der Waals surface area contributed by atoms with Gasteiger partial charge >= 0.3 is 7.82 Å². The van der Waals surface area contributed by atoms with Crippen molar-refractivity contribution in [3.8, 4) is 0 Å². The lowest BCUT2D eigenvalue weighted by atomic mass is 10.0. The maximum atomic E-state index is 13.0. The fourth-order valence-corrected chi connectivity index (χ4v) is 10.8. The summed E-state index contributed by atoms with van der Waals surface area (Å²) in [6.07, 6.45) is 66.2. The number of likely N-dealkylation sites (N-methyl/N-ethyl adjacent to an activating group) is 1. The van der Waals surface area contributed by atoms with Crippen LogP contribution in [0.15, 0.2) is 0 Å². The van der Waals surface area contributed by atoms with Crippen LogP contribution in [0.4, 0.5) is 0 Å². The number of nitrogens with one attached hydrogen (secondary N) is 1. The molecule has 0 bridgehead atoms. The van der Waals surface area contributed by atoms with Crippen molar-refractivity contribution in [2.24, 2.45) is 0 Å². The number of carbonyl (C=O) groups excluding carboxylic acids is 1. The number of aliphatic hydroxyl groups is 1. The Balaban J connectivity index is 3.93. The zero-order valence-electron chi connectivity index (χ0n) is 48.8. The Labute approximate surface area is 444 Å². The van der Waals surface area contributed by atoms with Gasteiger partial charge in [-0.05, 0) is 12.8 Å². The fraction of sp³-hybridized carbons (Fsp3) is 0.984. The smallest absolute Gasteiger partial charge is 0.391 e. The highest BCUT2D eigenvalue weighted by Gasteiger charge is 2.28. The average Bonchev–Trinajstić information content (AvgIpc) is 3.33. The molecule has 3 atom stereocenters. The number of carbonyl (C=O) groups is 1. The van der Waals surface area contributed by atoms with E-state index < -0.39 is 20.0 Å². The van der Waals surface area contributed by atoms with E-state index in [2.05, 4.69) is 19.2 Å². The molecule has 0 saturated heterocycles. The van der Waals surface area contributed by atoms with Gasteiger partial charge in [0.1, 0.15) is 13.2 Å². The third kappa shape index (κ3) is 57.1. The van der Waals surface area contributed by atoms with E-state index in [4.69, 9.17) is 9.05 Å². The second kappa shape index (κ2) is 54.3. The maximum Gasteiger partial charge on any atom is 0.472 e. The van der Waals surface area contributed by atoms with Gasteiger partial charge in [0.2, 0.25) is 5.91 Å². The summed E-state index contributed by atoms with van der Waals surface area (Å²) in [6.45, 7) is 4.95. The van der Waals surface area contributed by atoms with Crippen molar-refractivity contribution in [1.82, 2.24) is 5.32 Å². The largest absolute Gasteiger partial charge is 0.472 e. The van der Waals surface area contributed by atoms with E-state index in [0.29, 0.717) is 23.9 Å². The number of hydrogen-bond donors (Lipinski definition) is 3. The summed E-state index contributed by atoms with van der Waals surface area (Å²) in [4.78, 5) is 23.4. The summed E-state index contributed by atoms with van der Waals surface area (Å²) >= 11 is 0. The van der Waals surface area contributed by atoms with Gasteiger partial charge in [-0.25, -0.2) is 4.57 Å². The Kier molecular flexibility index (Phi) is 53.9. The summed E-state index contributed by atoms with van der Waals surface area (Å²) in [5.74, 6) is -0.135. The molecule has 0 aliphatic carbocycles. The molecular formula is C62H128N2O6P+. The van der Waals surface area contributed by atoms with Crippen molar-refractivity contribution < 1.29 is 32.9 Å². The van der Waals surface area contributed by atoms with Gasteiger partial charge in [-0.2, -0.15) is 0 Å². The molecule has 0 fully saturated rings. The van der Waals surface area contributed by atoms with Gasteiger partial charge in [-0.3, -0.25) is 13.8 Å². The predicted molar refractivity (Wildman–Crippen MR) is 309 cm³/mol. The summed E-state index contributed by atoms with van der Waals surface area (Å²) in [5, 5.41) is 14.1. The summed E-state index contributed by atoms with van der Waals surface area (Å²) < 4.78 is 23.8. The van der Waals surface area contributed by atoms with Crippen molar-refractivity contribution in [1.29, 1.82) is 0 Å². The van der Waals surface area contributed by atoms with Crippen LogP contribution in [0.5, 0.6) is 0 Å². The first-order valence-electron chi connectivity index (χ1n) is 31.9. The van der Waals surface area contributed by atoms with Crippen LogP contribution < -0.4 is 5.32 Å². The topological polar surface area (TPSA) is 105 Å². The van der Waals surface area contributed by atoms with E-state index >= 15 is 0 Å². The van der Waals surface area contributed by atoms with E-state index in [9.17, 15) is 19.4 Å². The summed E-state index contributed by atoms with van der Waals surface area (Å²) in [6, 6.07) is -0.755. The van der Waals surface area contributed by atoms with Crippen molar-refractivity contribution in [3.63, 3.8) is 0 Å². The molecule has 1 amide bonds. The minimum Gasteiger partial charge on any atom is -0.391 e. The maximum absolute atomic E-state index is 13.0. The molecule has 0 aliphatic rings. The summed E-state index contributed by atoms with van der Waals surface area (Å²) in [7, 11) is 1.64. The Hall–Kier alpha value is -0.500. The van der Waals surface area contributed by atoms with Gasteiger partial charge < -0.3 is 19.8 Å². The standard InChI is InChI=1S/C62H127N2O6P/c1-6-8-10-12-14-16-18-20-22-24-25-26-27-28-29-30-31-32-33-34-35-36-37-38-39-40-42-44-46-48-50-52-54-56-62(66)63-60(59-70-71(67,68)69-58-57-64(3,4)5)61(65)55-53-51-49-47-45-43-41-23-21-19-17-15-13-11-9-7-2/h60-61,65H,6-59H2,1-5H3,(H-,63,66,67,68)/p+1. The van der Waals surface area contributed by atoms with Crippen LogP contribution in [0.1, 0.15) is 341 Å². The number of hydrogen-bond acceptors (Lipinski definition) is 5. The van der Waals surface area contributed by atoms with Crippen molar-refractivity contribution >= 4 is 13.7 Å². The van der Waals surface area contributed by atoms with Gasteiger partial charge in [0, 0.05) is 6.42 Å². The first kappa shape index (κ1) is 70.5. The van der Waals surface area contributed by atoms with Crippen LogP contribution >= 0.6 is 7.82 Å². The highest BCUT2D eigenvalue weighted by molar-refractivity contribution is 7.47. The lowest BCUT2D eigenvalue weighted by molar-refractivity contribution is -0.870. The van der Waals surface area contributed by atoms with E-state index in [0.717, 1.165) is 38.5 Å². The van der Waals surface area contributed by atoms with Crippen molar-refractivity contribution in [2.45, 2.75) is 353 Å². The molecule has 0 heterocycles. The lowest BCUT2D eigenvalue weighted by Gasteiger charge is -2.26. The van der Waals surface area contributed by atoms with E-state index in [-0.39, 0.29) is 19.1 Å². The SMILES string of the molecule is CCCCCCCCCCCCCCCCCCCCCCCCCCCCCCCCCCCC(=O)NC(COP(=O)(O)OCC[N+](C)(C)C)C(O)CCCCCCCCCCCCCCCCCC. The molecule has 0 aromatic carbocycles. The average molecular weight is 1030 g/mol. The van der Waals surface area contributed by atoms with E-state index in [1.165, 1.54) is 276 Å². The Morgan fingerprint density at radius 1 is 0.423 bits per heavy atom. The number of aliphatic hydroxyl groups excluding tert-OH is 1. The second-order valence-electron chi connectivity index (χ2n) is 23.5. The number of quaternary nitrogens is 1. The second-order valence-corrected chi connectivity index (χ2v) is 25.0. The van der Waals surface area contributed by atoms with Crippen molar-refractivity contribution in [2.75, 3.05) is 40.9 Å². The molecule has 0 radical (unpaired) electrons. The highest BCUT2D eigenvalue weighted by atomic mass is 31.2. The first-order valence-corrected chi connectivity index (χ1v) is 33.4. The minimum atomic E-state index is -4.32. The molecule has 3 unspecified atom stereocenters. The van der Waals surface area contributed by atoms with Gasteiger partial charge in [0.25, 0.3) is 0 Å². The first-order chi connectivity index (χ1) is 34.5. The quantitative estimate of drug-likeness (QED) is 0.0318. The Bertz CT molecular complexity index is 1120. The molecule has 0 aromatic heterocycles. The third-order valence-electron chi connectivity index (χ3n) is 15.1. The van der Waals surface area contributed by atoms with Gasteiger partial charge in [-0.15, -0.1) is 0 Å². The molecule has 0 aliphatic heterocycles. The monoisotopic (exact) mass is 1030 g/mol. The zero-order valence-corrected chi connectivity index (χ0v) is 49.7. The van der Waals surface area contributed by atoms with Gasteiger partial charge in [0.05, 0.1) is 39.9 Å². The molecule has 9 heteroatoms. The third-order valence-corrected chi connectivity index (χ3v) is 16.1. The minimum absolute atomic E-state index is 0.0791. The molecule has 3 N–H and O–H groups in total. The van der Waals surface area contributed by atoms with Crippen LogP contribution in [0.2, 0.25) is 0 Å². The number of amides is 1. The van der Waals surface area contributed by atoms with Crippen LogP contribution in [0.3, 0.4) is 0 Å². The molecule has 0 saturated carbocycles. The van der Waals surface area contributed by atoms with Crippen LogP contribution in [0, 0.1) is 0 Å². The number of nitrogens with zero attached hydrogens (tertiary/aromatic N) is 1. The fourth-order valence-electron chi connectivity index (χ4n) is 10.1. The Morgan fingerprint density at radius 2 is 0.676 bits per heavy atom. The normalized spacial score (nSPS) is 13.7. The van der Waals surface area contributed by atoms with Crippen LogP contribution in [-0.4, -0.2) is 73.4 Å². The molecule has 0 spiro atoms. The lowest BCUT2D eigenvalue weighted by Crippen LogP contribution is -2.46. The molecule has 426 valence electrons. The zero-order chi connectivity index (χ0) is 52.0. The van der Waals surface area contributed by atoms with Crippen LogP contribution in [-0.2, 0) is 18.4 Å². The van der Waals surface area contributed by atoms with Crippen LogP contribution in [0.25, 0.3) is 0 Å². The molecule has 0 aromatic rings. The molecule has 71 heavy (non-hydrogen) atoms. The molecular weight excluding hydrogens is 900 g/mol. The molecule has 0 rings (SSSR count). The number of rotatable bonds is 60. The van der Waals surface area contributed by atoms with E-state index in [1.807, 2.05) is 21.1 Å². The van der Waals surface area contributed by atoms with Gasteiger partial charge in [0.15, 0.2) is 0 Å². The Morgan fingerprint density at radius 3 is 0.944 bits per heavy atom. The van der Waals surface area contributed by atoms with Gasteiger partial charge in [-0.1, -0.05) is 322 Å². The number of phosphoric acid groups is 1. The number of unbranched alkanes of at least 4 members (excludes halogenated alkanes) is 47. The van der Waals surface area contributed by atoms with Crippen molar-refractivity contribution in [3.05, 3.63) is 0 Å². The highest BCUT2D eigenvalue weighted by Crippen LogP contribution is 2.43. The summed E-state index contributed by atoms with van der Waals surface area (Å²) in [5.41, 5.74) is 0.